The molecule has 0 aromatic heterocycles. The summed E-state index contributed by atoms with van der Waals surface area (Å²) in [4.78, 5) is 13.0. The van der Waals surface area contributed by atoms with Gasteiger partial charge >= 0.3 is 0 Å². The Morgan fingerprint density at radius 3 is 1.28 bits per heavy atom. The highest BCUT2D eigenvalue weighted by molar-refractivity contribution is 5.76. The molecule has 1 rings (SSSR count). The summed E-state index contributed by atoms with van der Waals surface area (Å²) in [5.74, 6) is -0.200. The fourth-order valence-corrected chi connectivity index (χ4v) is 9.08. The molecular formula is C60H109NO8. The molecule has 9 nitrogen and oxygen atoms in total. The van der Waals surface area contributed by atoms with Crippen LogP contribution in [0.3, 0.4) is 0 Å². The molecule has 7 unspecified atom stereocenters. The molecule has 402 valence electrons. The van der Waals surface area contributed by atoms with Crippen LogP contribution in [0.15, 0.2) is 60.8 Å². The summed E-state index contributed by atoms with van der Waals surface area (Å²) in [6, 6.07) is -0.752. The first kappa shape index (κ1) is 64.9. The van der Waals surface area contributed by atoms with Crippen molar-refractivity contribution in [1.29, 1.82) is 0 Å². The number of carbonyl (C=O) groups excluding carboxylic acids is 1. The van der Waals surface area contributed by atoms with Gasteiger partial charge in [-0.05, 0) is 51.4 Å². The third-order valence-electron chi connectivity index (χ3n) is 13.6. The molecule has 1 aliphatic rings. The zero-order valence-corrected chi connectivity index (χ0v) is 44.6. The Kier molecular flexibility index (Phi) is 46.5. The maximum Gasteiger partial charge on any atom is 0.220 e. The van der Waals surface area contributed by atoms with Gasteiger partial charge in [0.25, 0.3) is 0 Å². The van der Waals surface area contributed by atoms with Crippen molar-refractivity contribution in [2.75, 3.05) is 13.2 Å². The molecule has 9 heteroatoms. The molecule has 0 aromatic rings. The van der Waals surface area contributed by atoms with E-state index in [-0.39, 0.29) is 18.9 Å². The third kappa shape index (κ3) is 39.1. The van der Waals surface area contributed by atoms with Crippen LogP contribution in [0.2, 0.25) is 0 Å². The van der Waals surface area contributed by atoms with E-state index >= 15 is 0 Å². The standard InChI is InChI=1S/C60H109NO8/c1-3-5-7-9-11-13-15-17-19-21-22-23-24-25-26-27-28-29-30-31-32-34-35-37-39-41-43-45-47-49-54(63)53(52-68-60-59(67)58(66)57(65)55(51-62)69-60)61-56(64)50-48-46-44-42-40-38-36-33-20-18-16-14-12-10-8-6-4-2/h6,8,12,14,18,20,36,38,42,44,53-55,57-60,62-63,65-67H,3-5,7,9-11,13,15-17,19,21-35,37,39-41,43,45-52H2,1-2H3,(H,61,64)/b8-6-,14-12-,20-18-,38-36-,44-42-. The normalized spacial score (nSPS) is 19.9. The second-order valence-corrected chi connectivity index (χ2v) is 20.1. The summed E-state index contributed by atoms with van der Waals surface area (Å²) in [5.41, 5.74) is 0. The molecule has 0 saturated carbocycles. The van der Waals surface area contributed by atoms with E-state index in [1.165, 1.54) is 167 Å². The minimum atomic E-state index is -1.57. The van der Waals surface area contributed by atoms with Crippen molar-refractivity contribution in [2.24, 2.45) is 0 Å². The van der Waals surface area contributed by atoms with E-state index in [4.69, 9.17) is 9.47 Å². The van der Waals surface area contributed by atoms with Crippen LogP contribution in [0.4, 0.5) is 0 Å². The molecule has 0 aliphatic carbocycles. The van der Waals surface area contributed by atoms with Crippen LogP contribution in [0.5, 0.6) is 0 Å². The lowest BCUT2D eigenvalue weighted by molar-refractivity contribution is -0.302. The minimum absolute atomic E-state index is 0.163. The second-order valence-electron chi connectivity index (χ2n) is 20.1. The van der Waals surface area contributed by atoms with Gasteiger partial charge in [-0.2, -0.15) is 0 Å². The topological polar surface area (TPSA) is 149 Å². The molecule has 1 heterocycles. The van der Waals surface area contributed by atoms with Gasteiger partial charge in [-0.1, -0.05) is 261 Å². The molecule has 0 spiro atoms. The Morgan fingerprint density at radius 2 is 0.884 bits per heavy atom. The number of hydrogen-bond acceptors (Lipinski definition) is 8. The molecular weight excluding hydrogens is 863 g/mol. The van der Waals surface area contributed by atoms with Crippen molar-refractivity contribution in [3.05, 3.63) is 60.8 Å². The number of aliphatic hydroxyl groups is 5. The number of amides is 1. The average molecular weight is 973 g/mol. The van der Waals surface area contributed by atoms with Gasteiger partial charge in [0, 0.05) is 6.42 Å². The fraction of sp³-hybridized carbons (Fsp3) is 0.817. The molecule has 6 N–H and O–H groups in total. The van der Waals surface area contributed by atoms with Crippen molar-refractivity contribution in [1.82, 2.24) is 5.32 Å². The lowest BCUT2D eigenvalue weighted by atomic mass is 9.99. The third-order valence-corrected chi connectivity index (χ3v) is 13.6. The van der Waals surface area contributed by atoms with E-state index in [1.54, 1.807) is 0 Å². The van der Waals surface area contributed by atoms with Gasteiger partial charge in [-0.3, -0.25) is 4.79 Å². The Bertz CT molecular complexity index is 1270. The highest BCUT2D eigenvalue weighted by atomic mass is 16.7. The van der Waals surface area contributed by atoms with Gasteiger partial charge in [0.15, 0.2) is 6.29 Å². The lowest BCUT2D eigenvalue weighted by Crippen LogP contribution is -2.60. The number of carbonyl (C=O) groups is 1. The van der Waals surface area contributed by atoms with Crippen molar-refractivity contribution in [2.45, 2.75) is 301 Å². The Hall–Kier alpha value is -2.11. The van der Waals surface area contributed by atoms with Gasteiger partial charge < -0.3 is 40.3 Å². The first-order valence-electron chi connectivity index (χ1n) is 29.0. The number of unbranched alkanes of at least 4 members (excludes halogenated alkanes) is 29. The zero-order chi connectivity index (χ0) is 50.1. The van der Waals surface area contributed by atoms with Crippen LogP contribution >= 0.6 is 0 Å². The van der Waals surface area contributed by atoms with Crippen molar-refractivity contribution < 1.29 is 39.8 Å². The molecule has 0 radical (unpaired) electrons. The van der Waals surface area contributed by atoms with Gasteiger partial charge in [0.05, 0.1) is 25.4 Å². The number of rotatable bonds is 49. The maximum atomic E-state index is 13.0. The number of nitrogens with one attached hydrogen (secondary N) is 1. The lowest BCUT2D eigenvalue weighted by Gasteiger charge is -2.40. The smallest absolute Gasteiger partial charge is 0.220 e. The second kappa shape index (κ2) is 49.5. The number of hydrogen-bond donors (Lipinski definition) is 6. The van der Waals surface area contributed by atoms with Gasteiger partial charge in [0.1, 0.15) is 24.4 Å². The summed E-state index contributed by atoms with van der Waals surface area (Å²) in [5, 5.41) is 54.6. The largest absolute Gasteiger partial charge is 0.394 e. The fourth-order valence-electron chi connectivity index (χ4n) is 9.08. The zero-order valence-electron chi connectivity index (χ0n) is 44.6. The Balaban J connectivity index is 2.19. The van der Waals surface area contributed by atoms with E-state index in [0.29, 0.717) is 12.8 Å². The summed E-state index contributed by atoms with van der Waals surface area (Å²) < 4.78 is 11.3. The SMILES string of the molecule is CC/C=C\C/C=C\C/C=C\C/C=C\C/C=C\CCCC(=O)NC(COC1OC(CO)C(O)C(O)C1O)C(O)CCCCCCCCCCCCCCCCCCCCCCCCCCCCCCC. The highest BCUT2D eigenvalue weighted by Crippen LogP contribution is 2.23. The minimum Gasteiger partial charge on any atom is -0.394 e. The molecule has 69 heavy (non-hydrogen) atoms. The summed E-state index contributed by atoms with van der Waals surface area (Å²) in [6.07, 6.45) is 59.8. The van der Waals surface area contributed by atoms with Crippen molar-refractivity contribution >= 4 is 5.91 Å². The first-order valence-corrected chi connectivity index (χ1v) is 29.0. The first-order chi connectivity index (χ1) is 33.8. The van der Waals surface area contributed by atoms with Crippen LogP contribution in [-0.4, -0.2) is 87.5 Å². The van der Waals surface area contributed by atoms with Gasteiger partial charge in [-0.25, -0.2) is 0 Å². The molecule has 0 aromatic carbocycles. The Labute approximate surface area is 424 Å². The van der Waals surface area contributed by atoms with Crippen LogP contribution in [0, 0.1) is 0 Å². The quantitative estimate of drug-likeness (QED) is 0.0261. The Morgan fingerprint density at radius 1 is 0.507 bits per heavy atom. The van der Waals surface area contributed by atoms with Crippen LogP contribution in [0.25, 0.3) is 0 Å². The summed E-state index contributed by atoms with van der Waals surface area (Å²) >= 11 is 0. The molecule has 1 saturated heterocycles. The number of ether oxygens (including phenoxy) is 2. The van der Waals surface area contributed by atoms with Crippen molar-refractivity contribution in [3.63, 3.8) is 0 Å². The summed E-state index contributed by atoms with van der Waals surface area (Å²) in [7, 11) is 0. The van der Waals surface area contributed by atoms with Crippen LogP contribution in [-0.2, 0) is 14.3 Å². The van der Waals surface area contributed by atoms with E-state index in [1.807, 2.05) is 0 Å². The van der Waals surface area contributed by atoms with Gasteiger partial charge in [-0.15, -0.1) is 0 Å². The highest BCUT2D eigenvalue weighted by Gasteiger charge is 2.44. The molecule has 1 fully saturated rings. The van der Waals surface area contributed by atoms with E-state index in [0.717, 1.165) is 57.8 Å². The number of allylic oxidation sites excluding steroid dienone is 10. The molecule has 1 amide bonds. The monoisotopic (exact) mass is 972 g/mol. The van der Waals surface area contributed by atoms with E-state index < -0.39 is 49.5 Å². The number of aliphatic hydroxyl groups excluding tert-OH is 5. The molecule has 1 aliphatic heterocycles. The van der Waals surface area contributed by atoms with E-state index in [9.17, 15) is 30.3 Å². The average Bonchev–Trinajstić information content (AvgIpc) is 3.35. The molecule has 7 atom stereocenters. The predicted molar refractivity (Wildman–Crippen MR) is 290 cm³/mol. The van der Waals surface area contributed by atoms with Gasteiger partial charge in [0.2, 0.25) is 5.91 Å². The van der Waals surface area contributed by atoms with E-state index in [2.05, 4.69) is 79.9 Å². The van der Waals surface area contributed by atoms with Crippen LogP contribution in [0.1, 0.15) is 258 Å². The summed E-state index contributed by atoms with van der Waals surface area (Å²) in [6.45, 7) is 3.71. The molecule has 0 bridgehead atoms. The van der Waals surface area contributed by atoms with Crippen LogP contribution < -0.4 is 5.32 Å². The maximum absolute atomic E-state index is 13.0. The van der Waals surface area contributed by atoms with Crippen molar-refractivity contribution in [3.8, 4) is 0 Å². The predicted octanol–water partition coefficient (Wildman–Crippen LogP) is 14.3.